The van der Waals surface area contributed by atoms with E-state index in [0.717, 1.165) is 18.6 Å². The molecule has 0 unspecified atom stereocenters. The second kappa shape index (κ2) is 4.66. The Morgan fingerprint density at radius 3 is 2.65 bits per heavy atom. The van der Waals surface area contributed by atoms with E-state index in [4.69, 9.17) is 4.42 Å². The SMILES string of the molecule is C[O+]=C1C=Cc2ccc3c(c2C1)Cc1ccc2ccccc2c1-3. The van der Waals surface area contributed by atoms with Gasteiger partial charge in [-0.1, -0.05) is 48.5 Å². The van der Waals surface area contributed by atoms with Gasteiger partial charge in [0.2, 0.25) is 0 Å². The Morgan fingerprint density at radius 1 is 0.826 bits per heavy atom. The summed E-state index contributed by atoms with van der Waals surface area (Å²) in [6.45, 7) is 0. The van der Waals surface area contributed by atoms with Crippen molar-refractivity contribution in [3.8, 4) is 11.1 Å². The highest BCUT2D eigenvalue weighted by atomic mass is 16.4. The number of hydrogen-bond acceptors (Lipinski definition) is 0. The fraction of sp³-hybridized carbons (Fsp3) is 0.136. The summed E-state index contributed by atoms with van der Waals surface area (Å²) in [5.74, 6) is 1.05. The number of ketones is 1. The predicted octanol–water partition coefficient (Wildman–Crippen LogP) is 4.71. The number of fused-ring (bicyclic) bond motifs is 7. The maximum Gasteiger partial charge on any atom is 0.323 e. The summed E-state index contributed by atoms with van der Waals surface area (Å²) in [5.41, 5.74) is 8.52. The van der Waals surface area contributed by atoms with Crippen molar-refractivity contribution < 1.29 is 4.42 Å². The van der Waals surface area contributed by atoms with E-state index in [1.54, 1.807) is 7.11 Å². The smallest absolute Gasteiger partial charge is 0.262 e. The van der Waals surface area contributed by atoms with Crippen molar-refractivity contribution in [2.45, 2.75) is 12.8 Å². The van der Waals surface area contributed by atoms with E-state index in [9.17, 15) is 0 Å². The minimum Gasteiger partial charge on any atom is -0.262 e. The highest BCUT2D eigenvalue weighted by Crippen LogP contribution is 2.44. The number of allylic oxidation sites excluding steroid dienone is 1. The molecule has 0 radical (unpaired) electrons. The number of benzene rings is 3. The van der Waals surface area contributed by atoms with Gasteiger partial charge in [-0.05, 0) is 56.6 Å². The third-order valence-corrected chi connectivity index (χ3v) is 5.18. The van der Waals surface area contributed by atoms with Crippen LogP contribution in [0.1, 0.15) is 22.3 Å². The van der Waals surface area contributed by atoms with Crippen molar-refractivity contribution in [1.29, 1.82) is 0 Å². The fourth-order valence-electron chi connectivity index (χ4n) is 4.04. The largest absolute Gasteiger partial charge is 0.323 e. The first-order chi connectivity index (χ1) is 11.3. The fourth-order valence-corrected chi connectivity index (χ4v) is 4.04. The average Bonchev–Trinajstić information content (AvgIpc) is 3.00. The highest BCUT2D eigenvalue weighted by Gasteiger charge is 2.27. The van der Waals surface area contributed by atoms with E-state index in [2.05, 4.69) is 60.7 Å². The van der Waals surface area contributed by atoms with Gasteiger partial charge in [-0.15, -0.1) is 0 Å². The van der Waals surface area contributed by atoms with Gasteiger partial charge in [-0.3, -0.25) is 4.42 Å². The standard InChI is InChI=1S/C22H17O/c1-23-17-10-8-15-9-11-19-21(20(15)13-17)12-16-7-6-14-4-2-3-5-18(14)22(16)19/h2-11H,12-13H2,1H3/q+1. The monoisotopic (exact) mass is 297 g/mol. The Kier molecular flexibility index (Phi) is 2.60. The second-order valence-corrected chi connectivity index (χ2v) is 6.34. The van der Waals surface area contributed by atoms with Crippen molar-refractivity contribution in [3.63, 3.8) is 0 Å². The molecule has 0 N–H and O–H groups in total. The van der Waals surface area contributed by atoms with Crippen molar-refractivity contribution in [3.05, 3.63) is 76.9 Å². The molecule has 0 fully saturated rings. The molecule has 0 amide bonds. The first-order valence-corrected chi connectivity index (χ1v) is 8.09. The minimum absolute atomic E-state index is 0.900. The van der Waals surface area contributed by atoms with Gasteiger partial charge in [0, 0.05) is 6.08 Å². The van der Waals surface area contributed by atoms with Crippen molar-refractivity contribution >= 4 is 22.6 Å². The third kappa shape index (κ3) is 1.77. The van der Waals surface area contributed by atoms with E-state index in [-0.39, 0.29) is 0 Å². The molecule has 1 heteroatoms. The van der Waals surface area contributed by atoms with Crippen LogP contribution in [0.4, 0.5) is 0 Å². The molecule has 23 heavy (non-hydrogen) atoms. The molecule has 2 aliphatic carbocycles. The number of hydrogen-bond donors (Lipinski definition) is 0. The molecule has 0 spiro atoms. The summed E-state index contributed by atoms with van der Waals surface area (Å²) >= 11 is 0. The molecule has 1 nitrogen and oxygen atoms in total. The molecule has 3 aromatic rings. The molecular formula is C22H17O+. The van der Waals surface area contributed by atoms with Crippen LogP contribution in [-0.2, 0) is 17.3 Å². The van der Waals surface area contributed by atoms with E-state index in [0.29, 0.717) is 0 Å². The number of rotatable bonds is 0. The van der Waals surface area contributed by atoms with E-state index in [1.165, 1.54) is 44.2 Å². The van der Waals surface area contributed by atoms with Crippen LogP contribution in [0.25, 0.3) is 28.0 Å². The van der Waals surface area contributed by atoms with Crippen LogP contribution in [0, 0.1) is 0 Å². The lowest BCUT2D eigenvalue weighted by Crippen LogP contribution is -2.10. The van der Waals surface area contributed by atoms with E-state index >= 15 is 0 Å². The Morgan fingerprint density at radius 2 is 1.74 bits per heavy atom. The van der Waals surface area contributed by atoms with Gasteiger partial charge in [0.1, 0.15) is 0 Å². The van der Waals surface area contributed by atoms with Gasteiger partial charge < -0.3 is 0 Å². The Hall–Kier alpha value is -2.67. The van der Waals surface area contributed by atoms with Crippen molar-refractivity contribution in [2.24, 2.45) is 0 Å². The Labute approximate surface area is 135 Å². The molecule has 0 heterocycles. The van der Waals surface area contributed by atoms with Gasteiger partial charge in [-0.2, -0.15) is 0 Å². The minimum atomic E-state index is 0.900. The zero-order valence-electron chi connectivity index (χ0n) is 13.1. The van der Waals surface area contributed by atoms with Gasteiger partial charge in [-0.25, -0.2) is 0 Å². The van der Waals surface area contributed by atoms with Gasteiger partial charge in [0.15, 0.2) is 0 Å². The highest BCUT2D eigenvalue weighted by molar-refractivity contribution is 6.04. The molecule has 0 aliphatic heterocycles. The van der Waals surface area contributed by atoms with Crippen molar-refractivity contribution in [1.82, 2.24) is 0 Å². The molecule has 3 aromatic carbocycles. The summed E-state index contributed by atoms with van der Waals surface area (Å²) in [5, 5.41) is 2.69. The van der Waals surface area contributed by atoms with Crippen LogP contribution in [-0.4, -0.2) is 12.9 Å². The van der Waals surface area contributed by atoms with Crippen LogP contribution < -0.4 is 0 Å². The first kappa shape index (κ1) is 12.8. The summed E-state index contributed by atoms with van der Waals surface area (Å²) in [4.78, 5) is 0. The van der Waals surface area contributed by atoms with Crippen LogP contribution in [0.5, 0.6) is 0 Å². The Balaban J connectivity index is 1.80. The molecule has 2 aliphatic rings. The quantitative estimate of drug-likeness (QED) is 0.416. The van der Waals surface area contributed by atoms with Crippen LogP contribution in [0.3, 0.4) is 0 Å². The van der Waals surface area contributed by atoms with Crippen LogP contribution >= 0.6 is 0 Å². The predicted molar refractivity (Wildman–Crippen MR) is 95.9 cm³/mol. The maximum absolute atomic E-state index is 5.48. The first-order valence-electron chi connectivity index (χ1n) is 8.09. The molecular weight excluding hydrogens is 280 g/mol. The molecule has 110 valence electrons. The Bertz CT molecular complexity index is 1020. The second-order valence-electron chi connectivity index (χ2n) is 6.34. The molecule has 0 aromatic heterocycles. The molecule has 0 saturated heterocycles. The summed E-state index contributed by atoms with van der Waals surface area (Å²) < 4.78 is 5.48. The lowest BCUT2D eigenvalue weighted by Gasteiger charge is -2.13. The molecule has 0 bridgehead atoms. The summed E-state index contributed by atoms with van der Waals surface area (Å²) in [7, 11) is 1.76. The average molecular weight is 297 g/mol. The lowest BCUT2D eigenvalue weighted by molar-refractivity contribution is -0.420. The maximum atomic E-state index is 5.48. The zero-order valence-corrected chi connectivity index (χ0v) is 13.1. The van der Waals surface area contributed by atoms with E-state index < -0.39 is 0 Å². The van der Waals surface area contributed by atoms with Gasteiger partial charge in [0.05, 0.1) is 6.42 Å². The zero-order chi connectivity index (χ0) is 15.4. The normalized spacial score (nSPS) is 16.5. The van der Waals surface area contributed by atoms with Crippen LogP contribution in [0.2, 0.25) is 0 Å². The number of carbonyl (C=O) groups excluding carboxylic acids is 1. The third-order valence-electron chi connectivity index (χ3n) is 5.18. The topological polar surface area (TPSA) is 11.3 Å². The lowest BCUT2D eigenvalue weighted by atomic mass is 9.89. The summed E-state index contributed by atoms with van der Waals surface area (Å²) in [6.07, 6.45) is 6.20. The molecule has 0 atom stereocenters. The van der Waals surface area contributed by atoms with E-state index in [1.807, 2.05) is 0 Å². The molecule has 0 saturated carbocycles. The van der Waals surface area contributed by atoms with Gasteiger partial charge >= 0.3 is 5.78 Å². The van der Waals surface area contributed by atoms with Gasteiger partial charge in [0.25, 0.3) is 7.11 Å². The summed E-state index contributed by atoms with van der Waals surface area (Å²) in [6, 6.07) is 17.8. The van der Waals surface area contributed by atoms with Crippen molar-refractivity contribution in [2.75, 3.05) is 7.11 Å². The van der Waals surface area contributed by atoms with Crippen LogP contribution in [0.15, 0.2) is 54.6 Å². The molecule has 5 rings (SSSR count).